The Morgan fingerprint density at radius 1 is 1.31 bits per heavy atom. The largest absolute Gasteiger partial charge is 0.319 e. The fourth-order valence-electron chi connectivity index (χ4n) is 2.67. The number of aromatic nitrogens is 4. The van der Waals surface area contributed by atoms with Gasteiger partial charge in [-0.2, -0.15) is 5.10 Å². The van der Waals surface area contributed by atoms with Crippen LogP contribution in [0.25, 0.3) is 11.3 Å². The lowest BCUT2D eigenvalue weighted by atomic mass is 10.2. The van der Waals surface area contributed by atoms with Crippen LogP contribution in [0, 0.1) is 6.92 Å². The number of benzene rings is 1. The smallest absolute Gasteiger partial charge is 0.235 e. The first-order chi connectivity index (χ1) is 12.5. The molecular weight excluding hydrogens is 414 g/mol. The van der Waals surface area contributed by atoms with Gasteiger partial charge in [-0.25, -0.2) is 4.98 Å². The zero-order chi connectivity index (χ0) is 18.7. The van der Waals surface area contributed by atoms with Gasteiger partial charge < -0.3 is 9.88 Å². The number of carbonyl (C=O) groups is 1. The fraction of sp³-hybridized carbons (Fsp3) is 0.278. The Labute approximate surface area is 165 Å². The summed E-state index contributed by atoms with van der Waals surface area (Å²) in [5, 5.41) is 7.95. The van der Waals surface area contributed by atoms with Gasteiger partial charge in [0.2, 0.25) is 5.91 Å². The maximum atomic E-state index is 12.2. The lowest BCUT2D eigenvalue weighted by Crippen LogP contribution is -2.16. The van der Waals surface area contributed by atoms with E-state index >= 15 is 0 Å². The van der Waals surface area contributed by atoms with Crippen molar-refractivity contribution in [3.63, 3.8) is 0 Å². The molecule has 0 aliphatic carbocycles. The van der Waals surface area contributed by atoms with Crippen molar-refractivity contribution in [1.82, 2.24) is 19.3 Å². The summed E-state index contributed by atoms with van der Waals surface area (Å²) in [7, 11) is 1.81. The number of nitrogens with one attached hydrogen (secondary N) is 1. The van der Waals surface area contributed by atoms with Gasteiger partial charge in [-0.15, -0.1) is 0 Å². The molecule has 0 spiro atoms. The second-order valence-corrected chi connectivity index (χ2v) is 7.67. The highest BCUT2D eigenvalue weighted by molar-refractivity contribution is 9.10. The Bertz CT molecular complexity index is 916. The van der Waals surface area contributed by atoms with Gasteiger partial charge in [0.15, 0.2) is 5.16 Å². The molecule has 6 nitrogen and oxygen atoms in total. The fourth-order valence-corrected chi connectivity index (χ4v) is 3.77. The van der Waals surface area contributed by atoms with Crippen LogP contribution >= 0.6 is 27.7 Å². The van der Waals surface area contributed by atoms with Crippen molar-refractivity contribution >= 4 is 39.4 Å². The second kappa shape index (κ2) is 8.09. The molecule has 3 aromatic rings. The molecule has 0 saturated heterocycles. The molecule has 0 unspecified atom stereocenters. The van der Waals surface area contributed by atoms with Crippen molar-refractivity contribution in [2.75, 3.05) is 11.1 Å². The number of imidazole rings is 1. The third kappa shape index (κ3) is 4.19. The Hall–Kier alpha value is -2.06. The van der Waals surface area contributed by atoms with Gasteiger partial charge in [0.05, 0.1) is 23.3 Å². The average molecular weight is 434 g/mol. The maximum Gasteiger partial charge on any atom is 0.235 e. The highest BCUT2D eigenvalue weighted by atomic mass is 79.9. The molecule has 1 aromatic carbocycles. The van der Waals surface area contributed by atoms with Crippen LogP contribution in [0.1, 0.15) is 12.6 Å². The van der Waals surface area contributed by atoms with Gasteiger partial charge in [-0.1, -0.05) is 39.8 Å². The summed E-state index contributed by atoms with van der Waals surface area (Å²) in [5.74, 6) is 0.914. The van der Waals surface area contributed by atoms with Gasteiger partial charge in [0, 0.05) is 24.1 Å². The third-order valence-electron chi connectivity index (χ3n) is 3.88. The van der Waals surface area contributed by atoms with Crippen LogP contribution in [0.2, 0.25) is 0 Å². The number of hydrogen-bond acceptors (Lipinski definition) is 4. The predicted molar refractivity (Wildman–Crippen MR) is 108 cm³/mol. The number of nitrogens with zero attached hydrogens (tertiary/aromatic N) is 4. The van der Waals surface area contributed by atoms with Crippen molar-refractivity contribution in [3.05, 3.63) is 46.7 Å². The number of thioether (sulfide) groups is 1. The molecular formula is C18H20BrN5OS. The minimum absolute atomic E-state index is 0.0751. The first-order valence-electron chi connectivity index (χ1n) is 8.22. The first-order valence-corrected chi connectivity index (χ1v) is 10.0. The molecule has 0 fully saturated rings. The number of carbonyl (C=O) groups excluding carboxylic acids is 1. The van der Waals surface area contributed by atoms with E-state index in [1.54, 1.807) is 4.68 Å². The molecule has 8 heteroatoms. The molecule has 2 aromatic heterocycles. The van der Waals surface area contributed by atoms with Gasteiger partial charge in [0.25, 0.3) is 0 Å². The van der Waals surface area contributed by atoms with Crippen molar-refractivity contribution in [2.24, 2.45) is 7.05 Å². The molecule has 136 valence electrons. The van der Waals surface area contributed by atoms with Gasteiger partial charge in [0.1, 0.15) is 5.82 Å². The Balaban J connectivity index is 1.69. The van der Waals surface area contributed by atoms with Crippen molar-refractivity contribution in [3.8, 4) is 11.3 Å². The molecule has 0 saturated carbocycles. The summed E-state index contributed by atoms with van der Waals surface area (Å²) in [6.45, 7) is 4.76. The maximum absolute atomic E-state index is 12.2. The zero-order valence-electron chi connectivity index (χ0n) is 14.9. The number of anilines is 1. The van der Waals surface area contributed by atoms with Crippen LogP contribution in [0.15, 0.2) is 46.2 Å². The minimum atomic E-state index is -0.0751. The Morgan fingerprint density at radius 3 is 2.65 bits per heavy atom. The second-order valence-electron chi connectivity index (χ2n) is 5.81. The number of rotatable bonds is 6. The normalized spacial score (nSPS) is 10.9. The van der Waals surface area contributed by atoms with E-state index < -0.39 is 0 Å². The van der Waals surface area contributed by atoms with Gasteiger partial charge in [-0.3, -0.25) is 9.48 Å². The van der Waals surface area contributed by atoms with Crippen LogP contribution in [-0.4, -0.2) is 31.0 Å². The number of amides is 1. The van der Waals surface area contributed by atoms with E-state index in [9.17, 15) is 4.79 Å². The van der Waals surface area contributed by atoms with Crippen molar-refractivity contribution in [1.29, 1.82) is 0 Å². The van der Waals surface area contributed by atoms with Gasteiger partial charge in [-0.05, 0) is 31.5 Å². The summed E-state index contributed by atoms with van der Waals surface area (Å²) in [6.07, 6.45) is 1.86. The molecule has 0 aliphatic heterocycles. The first kappa shape index (κ1) is 18.7. The molecule has 2 heterocycles. The van der Waals surface area contributed by atoms with E-state index in [0.717, 1.165) is 33.1 Å². The van der Waals surface area contributed by atoms with E-state index in [1.807, 2.05) is 38.4 Å². The lowest BCUT2D eigenvalue weighted by molar-refractivity contribution is -0.113. The molecule has 0 radical (unpaired) electrons. The van der Waals surface area contributed by atoms with E-state index in [0.29, 0.717) is 11.6 Å². The summed E-state index contributed by atoms with van der Waals surface area (Å²) in [5.41, 5.74) is 3.02. The van der Waals surface area contributed by atoms with E-state index in [1.165, 1.54) is 11.8 Å². The van der Waals surface area contributed by atoms with Crippen molar-refractivity contribution in [2.45, 2.75) is 25.5 Å². The highest BCUT2D eigenvalue weighted by Crippen LogP contribution is 2.27. The van der Waals surface area contributed by atoms with E-state index in [2.05, 4.69) is 55.0 Å². The van der Waals surface area contributed by atoms with Crippen LogP contribution in [-0.2, 0) is 18.4 Å². The van der Waals surface area contributed by atoms with E-state index in [-0.39, 0.29) is 5.91 Å². The minimum Gasteiger partial charge on any atom is -0.319 e. The van der Waals surface area contributed by atoms with Crippen LogP contribution in [0.3, 0.4) is 0 Å². The molecule has 1 amide bonds. The Morgan fingerprint density at radius 2 is 2.04 bits per heavy atom. The molecule has 0 bridgehead atoms. The van der Waals surface area contributed by atoms with Crippen LogP contribution in [0.5, 0.6) is 0 Å². The molecule has 0 atom stereocenters. The lowest BCUT2D eigenvalue weighted by Gasteiger charge is -2.09. The average Bonchev–Trinajstić information content (AvgIpc) is 3.16. The predicted octanol–water partition coefficient (Wildman–Crippen LogP) is 4.11. The van der Waals surface area contributed by atoms with Crippen molar-refractivity contribution < 1.29 is 4.79 Å². The summed E-state index contributed by atoms with van der Waals surface area (Å²) < 4.78 is 4.83. The molecule has 1 N–H and O–H groups in total. The molecule has 0 aliphatic rings. The third-order valence-corrected chi connectivity index (χ3v) is 5.40. The summed E-state index contributed by atoms with van der Waals surface area (Å²) in [4.78, 5) is 16.7. The SMILES string of the molecule is CCn1c(-c2ccc(Br)cc2)cnc1SCC(=O)Nc1cc(C)nn1C. The summed E-state index contributed by atoms with van der Waals surface area (Å²) in [6, 6.07) is 9.98. The standard InChI is InChI=1S/C18H20BrN5OS/c1-4-24-15(13-5-7-14(19)8-6-13)10-20-18(24)26-11-17(25)21-16-9-12(2)22-23(16)3/h5-10H,4,11H2,1-3H3,(H,21,25). The number of hydrogen-bond donors (Lipinski definition) is 1. The molecule has 3 rings (SSSR count). The van der Waals surface area contributed by atoms with Crippen LogP contribution < -0.4 is 5.32 Å². The number of halogens is 1. The molecule has 26 heavy (non-hydrogen) atoms. The van der Waals surface area contributed by atoms with Crippen LogP contribution in [0.4, 0.5) is 5.82 Å². The zero-order valence-corrected chi connectivity index (χ0v) is 17.3. The quantitative estimate of drug-likeness (QED) is 0.594. The van der Waals surface area contributed by atoms with E-state index in [4.69, 9.17) is 0 Å². The number of aryl methyl sites for hydroxylation is 2. The summed E-state index contributed by atoms with van der Waals surface area (Å²) >= 11 is 4.89. The van der Waals surface area contributed by atoms with Gasteiger partial charge >= 0.3 is 0 Å². The Kier molecular flexibility index (Phi) is 5.83. The highest BCUT2D eigenvalue weighted by Gasteiger charge is 2.14. The monoisotopic (exact) mass is 433 g/mol. The topological polar surface area (TPSA) is 64.7 Å².